The molecule has 4 heteroatoms. The van der Waals surface area contributed by atoms with E-state index in [1.165, 1.54) is 51.5 Å². The number of rotatable bonds is 2. The maximum atomic E-state index is 4.54. The highest BCUT2D eigenvalue weighted by atomic mass is 127. The molecule has 0 unspecified atom stereocenters. The highest BCUT2D eigenvalue weighted by molar-refractivity contribution is 14.0. The standard InChI is InChI=1S/C15H25N3.HI/c1-2-16-14(17-3-1)18-10-15-7-11-4-12(8-15)6-13(5-11)9-15;/h11-13H,1-10H2,(H2,16,17,18);1H. The number of nitrogens with zero attached hydrogens (tertiary/aromatic N) is 1. The van der Waals surface area contributed by atoms with Gasteiger partial charge in [-0.2, -0.15) is 0 Å². The Labute approximate surface area is 133 Å². The summed E-state index contributed by atoms with van der Waals surface area (Å²) in [7, 11) is 0. The highest BCUT2D eigenvalue weighted by Crippen LogP contribution is 2.59. The van der Waals surface area contributed by atoms with Crippen molar-refractivity contribution in [2.24, 2.45) is 28.2 Å². The van der Waals surface area contributed by atoms with Crippen LogP contribution in [0.15, 0.2) is 4.99 Å². The molecular weight excluding hydrogens is 349 g/mol. The summed E-state index contributed by atoms with van der Waals surface area (Å²) in [5.41, 5.74) is 0.621. The maximum Gasteiger partial charge on any atom is 0.191 e. The van der Waals surface area contributed by atoms with Gasteiger partial charge in [0.25, 0.3) is 0 Å². The minimum Gasteiger partial charge on any atom is -0.356 e. The van der Waals surface area contributed by atoms with Gasteiger partial charge in [-0.3, -0.25) is 4.99 Å². The lowest BCUT2D eigenvalue weighted by Crippen LogP contribution is -2.53. The van der Waals surface area contributed by atoms with Crippen molar-refractivity contribution in [3.05, 3.63) is 0 Å². The lowest BCUT2D eigenvalue weighted by atomic mass is 9.49. The van der Waals surface area contributed by atoms with Crippen molar-refractivity contribution >= 4 is 29.9 Å². The van der Waals surface area contributed by atoms with Crippen molar-refractivity contribution < 1.29 is 0 Å². The SMILES string of the molecule is C1CN=C(NCC23CC4CC(CC(C4)C2)C3)NC1.I. The molecule has 1 aliphatic heterocycles. The summed E-state index contributed by atoms with van der Waals surface area (Å²) in [5.74, 6) is 4.23. The summed E-state index contributed by atoms with van der Waals surface area (Å²) < 4.78 is 0. The second kappa shape index (κ2) is 5.41. The van der Waals surface area contributed by atoms with E-state index in [1.54, 1.807) is 0 Å². The molecule has 4 bridgehead atoms. The Bertz CT molecular complexity index is 331. The van der Waals surface area contributed by atoms with Crippen LogP contribution in [0.3, 0.4) is 0 Å². The summed E-state index contributed by atoms with van der Waals surface area (Å²) in [6.07, 6.45) is 10.3. The van der Waals surface area contributed by atoms with Gasteiger partial charge in [0.15, 0.2) is 5.96 Å². The summed E-state index contributed by atoms with van der Waals surface area (Å²) in [5, 5.41) is 7.01. The van der Waals surface area contributed by atoms with Crippen molar-refractivity contribution in [2.75, 3.05) is 19.6 Å². The zero-order valence-electron chi connectivity index (χ0n) is 11.7. The van der Waals surface area contributed by atoms with E-state index in [9.17, 15) is 0 Å². The molecule has 0 aromatic carbocycles. The third kappa shape index (κ3) is 2.74. The summed E-state index contributed by atoms with van der Waals surface area (Å²) in [6.45, 7) is 3.26. The van der Waals surface area contributed by atoms with Gasteiger partial charge in [-0.15, -0.1) is 24.0 Å². The van der Waals surface area contributed by atoms with Gasteiger partial charge >= 0.3 is 0 Å². The quantitative estimate of drug-likeness (QED) is 0.729. The Morgan fingerprint density at radius 1 is 1.11 bits per heavy atom. The first-order chi connectivity index (χ1) is 8.81. The van der Waals surface area contributed by atoms with E-state index in [2.05, 4.69) is 15.6 Å². The third-order valence-electron chi connectivity index (χ3n) is 5.69. The molecule has 0 spiro atoms. The Morgan fingerprint density at radius 3 is 2.26 bits per heavy atom. The Kier molecular flexibility index (Phi) is 3.98. The first kappa shape index (κ1) is 14.0. The topological polar surface area (TPSA) is 36.4 Å². The molecular formula is C15H26IN3. The van der Waals surface area contributed by atoms with E-state index in [1.807, 2.05) is 0 Å². The van der Waals surface area contributed by atoms with Gasteiger partial charge < -0.3 is 10.6 Å². The molecule has 3 nitrogen and oxygen atoms in total. The average molecular weight is 375 g/mol. The molecule has 4 fully saturated rings. The molecule has 0 amide bonds. The van der Waals surface area contributed by atoms with Gasteiger partial charge in [0.1, 0.15) is 0 Å². The summed E-state index contributed by atoms with van der Waals surface area (Å²) in [4.78, 5) is 4.54. The van der Waals surface area contributed by atoms with E-state index in [4.69, 9.17) is 0 Å². The van der Waals surface area contributed by atoms with Crippen molar-refractivity contribution in [2.45, 2.75) is 44.9 Å². The number of hydrogen-bond donors (Lipinski definition) is 2. The van der Waals surface area contributed by atoms with Crippen LogP contribution in [0.5, 0.6) is 0 Å². The van der Waals surface area contributed by atoms with Crippen LogP contribution in [0.4, 0.5) is 0 Å². The molecule has 0 radical (unpaired) electrons. The van der Waals surface area contributed by atoms with Gasteiger partial charge in [-0.1, -0.05) is 0 Å². The zero-order valence-corrected chi connectivity index (χ0v) is 14.0. The van der Waals surface area contributed by atoms with Gasteiger partial charge in [0, 0.05) is 19.6 Å². The molecule has 0 atom stereocenters. The van der Waals surface area contributed by atoms with Crippen molar-refractivity contribution in [1.82, 2.24) is 10.6 Å². The fourth-order valence-electron chi connectivity index (χ4n) is 5.43. The Hall–Kier alpha value is 0. The van der Waals surface area contributed by atoms with Crippen LogP contribution < -0.4 is 10.6 Å². The number of aliphatic imine (C=N–C) groups is 1. The van der Waals surface area contributed by atoms with E-state index >= 15 is 0 Å². The smallest absolute Gasteiger partial charge is 0.191 e. The van der Waals surface area contributed by atoms with Crippen molar-refractivity contribution in [3.8, 4) is 0 Å². The first-order valence-corrected chi connectivity index (χ1v) is 7.84. The molecule has 5 aliphatic rings. The van der Waals surface area contributed by atoms with Crippen LogP contribution in [0.1, 0.15) is 44.9 Å². The van der Waals surface area contributed by atoms with Crippen LogP contribution in [0.2, 0.25) is 0 Å². The van der Waals surface area contributed by atoms with Gasteiger partial charge in [-0.05, 0) is 68.1 Å². The fraction of sp³-hybridized carbons (Fsp3) is 0.933. The molecule has 1 heterocycles. The molecule has 19 heavy (non-hydrogen) atoms. The molecule has 4 aliphatic carbocycles. The van der Waals surface area contributed by atoms with E-state index in [0.29, 0.717) is 5.41 Å². The van der Waals surface area contributed by atoms with Gasteiger partial charge in [0.2, 0.25) is 0 Å². The maximum absolute atomic E-state index is 4.54. The molecule has 5 rings (SSSR count). The number of halogens is 1. The second-order valence-corrected chi connectivity index (χ2v) is 7.28. The summed E-state index contributed by atoms with van der Waals surface area (Å²) >= 11 is 0. The largest absolute Gasteiger partial charge is 0.356 e. The highest BCUT2D eigenvalue weighted by Gasteiger charge is 2.50. The predicted octanol–water partition coefficient (Wildman–Crippen LogP) is 2.76. The number of hydrogen-bond acceptors (Lipinski definition) is 3. The lowest BCUT2D eigenvalue weighted by Gasteiger charge is -2.57. The third-order valence-corrected chi connectivity index (χ3v) is 5.69. The molecule has 0 aromatic rings. The number of nitrogens with one attached hydrogen (secondary N) is 2. The second-order valence-electron chi connectivity index (χ2n) is 7.28. The molecule has 2 N–H and O–H groups in total. The molecule has 4 saturated carbocycles. The lowest BCUT2D eigenvalue weighted by molar-refractivity contribution is -0.0492. The van der Waals surface area contributed by atoms with Crippen LogP contribution in [-0.4, -0.2) is 25.6 Å². The van der Waals surface area contributed by atoms with Crippen LogP contribution in [0, 0.1) is 23.2 Å². The van der Waals surface area contributed by atoms with Crippen molar-refractivity contribution in [1.29, 1.82) is 0 Å². The monoisotopic (exact) mass is 375 g/mol. The minimum absolute atomic E-state index is 0. The van der Waals surface area contributed by atoms with Crippen LogP contribution in [-0.2, 0) is 0 Å². The summed E-state index contributed by atoms with van der Waals surface area (Å²) in [6, 6.07) is 0. The average Bonchev–Trinajstić information content (AvgIpc) is 2.36. The van der Waals surface area contributed by atoms with E-state index < -0.39 is 0 Å². The Morgan fingerprint density at radius 2 is 1.74 bits per heavy atom. The number of guanidine groups is 1. The van der Waals surface area contributed by atoms with E-state index in [0.717, 1.165) is 36.8 Å². The zero-order chi connectivity index (χ0) is 12.0. The van der Waals surface area contributed by atoms with Crippen LogP contribution in [0.25, 0.3) is 0 Å². The first-order valence-electron chi connectivity index (χ1n) is 7.84. The fourth-order valence-corrected chi connectivity index (χ4v) is 5.43. The van der Waals surface area contributed by atoms with Crippen molar-refractivity contribution in [3.63, 3.8) is 0 Å². The van der Waals surface area contributed by atoms with Gasteiger partial charge in [-0.25, -0.2) is 0 Å². The molecule has 0 saturated heterocycles. The molecule has 0 aromatic heterocycles. The Balaban J connectivity index is 0.00000110. The predicted molar refractivity (Wildman–Crippen MR) is 88.9 cm³/mol. The van der Waals surface area contributed by atoms with Gasteiger partial charge in [0.05, 0.1) is 0 Å². The molecule has 108 valence electrons. The minimum atomic E-state index is 0. The van der Waals surface area contributed by atoms with E-state index in [-0.39, 0.29) is 24.0 Å². The normalized spacial score (nSPS) is 43.2. The van der Waals surface area contributed by atoms with Crippen LogP contribution >= 0.6 is 24.0 Å².